The van der Waals surface area contributed by atoms with E-state index in [0.29, 0.717) is 20.7 Å². The van der Waals surface area contributed by atoms with Crippen molar-refractivity contribution in [2.24, 2.45) is 0 Å². The minimum absolute atomic E-state index is 0.0903. The van der Waals surface area contributed by atoms with Crippen LogP contribution in [0.4, 0.5) is 10.1 Å². The molecule has 2 N–H and O–H groups in total. The number of hydrogen-bond acceptors (Lipinski definition) is 2. The zero-order chi connectivity index (χ0) is 13.1. The maximum atomic E-state index is 13.6. The van der Waals surface area contributed by atoms with Gasteiger partial charge in [0, 0.05) is 21.6 Å². The highest BCUT2D eigenvalue weighted by Crippen LogP contribution is 2.27. The minimum Gasteiger partial charge on any atom is -0.508 e. The van der Waals surface area contributed by atoms with Crippen LogP contribution in [0.2, 0.25) is 5.02 Å². The summed E-state index contributed by atoms with van der Waals surface area (Å²) in [6.07, 6.45) is 0. The summed E-state index contributed by atoms with van der Waals surface area (Å²) < 4.78 is 14.2. The Morgan fingerprint density at radius 2 is 2.06 bits per heavy atom. The summed E-state index contributed by atoms with van der Waals surface area (Å²) in [4.78, 5) is 0. The van der Waals surface area contributed by atoms with Crippen LogP contribution >= 0.6 is 27.5 Å². The second-order valence-corrected chi connectivity index (χ2v) is 5.04. The summed E-state index contributed by atoms with van der Waals surface area (Å²) >= 11 is 9.15. The molecular formula is C13H10BrClFNO. The molecule has 2 rings (SSSR count). The van der Waals surface area contributed by atoms with Crippen LogP contribution in [-0.4, -0.2) is 5.11 Å². The first-order valence-corrected chi connectivity index (χ1v) is 6.40. The molecule has 0 aromatic heterocycles. The lowest BCUT2D eigenvalue weighted by atomic mass is 10.2. The van der Waals surface area contributed by atoms with Crippen molar-refractivity contribution >= 4 is 33.2 Å². The molecule has 2 aromatic rings. The molecule has 0 unspecified atom stereocenters. The molecule has 0 spiro atoms. The second kappa shape index (κ2) is 5.59. The highest BCUT2D eigenvalue weighted by molar-refractivity contribution is 9.10. The minimum atomic E-state index is -0.365. The zero-order valence-corrected chi connectivity index (χ0v) is 11.6. The molecule has 0 saturated carbocycles. The lowest BCUT2D eigenvalue weighted by Crippen LogP contribution is -2.02. The highest BCUT2D eigenvalue weighted by atomic mass is 79.9. The van der Waals surface area contributed by atoms with Gasteiger partial charge in [0.15, 0.2) is 0 Å². The van der Waals surface area contributed by atoms with Gasteiger partial charge in [-0.05, 0) is 30.3 Å². The first-order valence-electron chi connectivity index (χ1n) is 5.23. The topological polar surface area (TPSA) is 32.3 Å². The van der Waals surface area contributed by atoms with Gasteiger partial charge in [0.1, 0.15) is 11.6 Å². The number of benzene rings is 2. The molecule has 0 saturated heterocycles. The number of anilines is 1. The molecule has 0 bridgehead atoms. The van der Waals surface area contributed by atoms with E-state index < -0.39 is 0 Å². The van der Waals surface area contributed by atoms with Gasteiger partial charge in [-0.15, -0.1) is 0 Å². The van der Waals surface area contributed by atoms with Gasteiger partial charge in [-0.1, -0.05) is 33.6 Å². The predicted octanol–water partition coefficient (Wildman–Crippen LogP) is 4.56. The third kappa shape index (κ3) is 2.94. The molecule has 5 heteroatoms. The Kier molecular flexibility index (Phi) is 4.09. The van der Waals surface area contributed by atoms with Crippen molar-refractivity contribution in [1.82, 2.24) is 0 Å². The summed E-state index contributed by atoms with van der Waals surface area (Å²) in [6, 6.07) is 9.60. The van der Waals surface area contributed by atoms with Gasteiger partial charge in [-0.3, -0.25) is 0 Å². The Morgan fingerprint density at radius 3 is 2.72 bits per heavy atom. The predicted molar refractivity (Wildman–Crippen MR) is 74.5 cm³/mol. The molecule has 0 atom stereocenters. The standard InChI is InChI=1S/C13H10BrClFNO/c14-8-4-5-12(11(16)6-8)17-7-9-10(15)2-1-3-13(9)18/h1-6,17-18H,7H2. The highest BCUT2D eigenvalue weighted by Gasteiger charge is 2.07. The molecule has 0 aliphatic heterocycles. The molecular weight excluding hydrogens is 321 g/mol. The number of aromatic hydroxyl groups is 1. The largest absolute Gasteiger partial charge is 0.508 e. The molecule has 18 heavy (non-hydrogen) atoms. The zero-order valence-electron chi connectivity index (χ0n) is 9.25. The van der Waals surface area contributed by atoms with Gasteiger partial charge in [0.2, 0.25) is 0 Å². The monoisotopic (exact) mass is 329 g/mol. The Bertz CT molecular complexity index is 557. The van der Waals surface area contributed by atoms with Crippen molar-refractivity contribution in [1.29, 1.82) is 0 Å². The van der Waals surface area contributed by atoms with E-state index in [-0.39, 0.29) is 18.1 Å². The molecule has 0 fully saturated rings. The first-order chi connectivity index (χ1) is 8.58. The van der Waals surface area contributed by atoms with E-state index in [9.17, 15) is 9.50 Å². The van der Waals surface area contributed by atoms with Crippen LogP contribution < -0.4 is 5.32 Å². The van der Waals surface area contributed by atoms with Crippen LogP contribution in [0, 0.1) is 5.82 Å². The smallest absolute Gasteiger partial charge is 0.147 e. The number of halogens is 3. The van der Waals surface area contributed by atoms with Crippen molar-refractivity contribution in [2.45, 2.75) is 6.54 Å². The van der Waals surface area contributed by atoms with Gasteiger partial charge in [0.25, 0.3) is 0 Å². The first kappa shape index (κ1) is 13.2. The third-order valence-corrected chi connectivity index (χ3v) is 3.33. The fourth-order valence-electron chi connectivity index (χ4n) is 1.54. The maximum absolute atomic E-state index is 13.6. The Hall–Kier alpha value is -1.26. The van der Waals surface area contributed by atoms with Crippen LogP contribution in [0.3, 0.4) is 0 Å². The van der Waals surface area contributed by atoms with Crippen molar-refractivity contribution < 1.29 is 9.50 Å². The molecule has 0 aliphatic rings. The van der Waals surface area contributed by atoms with E-state index in [4.69, 9.17) is 11.6 Å². The van der Waals surface area contributed by atoms with E-state index in [1.165, 1.54) is 6.07 Å². The number of phenolic OH excluding ortho intramolecular Hbond substituents is 1. The van der Waals surface area contributed by atoms with Crippen molar-refractivity contribution in [3.63, 3.8) is 0 Å². The summed E-state index contributed by atoms with van der Waals surface area (Å²) in [5, 5.41) is 13.0. The molecule has 0 aliphatic carbocycles. The number of nitrogens with one attached hydrogen (secondary N) is 1. The van der Waals surface area contributed by atoms with Crippen LogP contribution in [0.25, 0.3) is 0 Å². The Morgan fingerprint density at radius 1 is 1.28 bits per heavy atom. The number of rotatable bonds is 3. The SMILES string of the molecule is Oc1cccc(Cl)c1CNc1ccc(Br)cc1F. The van der Waals surface area contributed by atoms with E-state index in [1.54, 1.807) is 30.3 Å². The lowest BCUT2D eigenvalue weighted by molar-refractivity contribution is 0.469. The van der Waals surface area contributed by atoms with E-state index in [1.807, 2.05) is 0 Å². The van der Waals surface area contributed by atoms with Gasteiger partial charge in [-0.2, -0.15) is 0 Å². The van der Waals surface area contributed by atoms with Crippen LogP contribution in [-0.2, 0) is 6.54 Å². The summed E-state index contributed by atoms with van der Waals surface area (Å²) in [5.74, 6) is -0.275. The van der Waals surface area contributed by atoms with Gasteiger partial charge in [0.05, 0.1) is 5.69 Å². The molecule has 0 amide bonds. The van der Waals surface area contributed by atoms with E-state index in [2.05, 4.69) is 21.2 Å². The van der Waals surface area contributed by atoms with Gasteiger partial charge >= 0.3 is 0 Å². The fraction of sp³-hybridized carbons (Fsp3) is 0.0769. The number of hydrogen-bond donors (Lipinski definition) is 2. The molecule has 94 valence electrons. The average molecular weight is 331 g/mol. The number of phenols is 1. The van der Waals surface area contributed by atoms with E-state index in [0.717, 1.165) is 0 Å². The molecule has 0 heterocycles. The molecule has 2 nitrogen and oxygen atoms in total. The molecule has 2 aromatic carbocycles. The summed E-state index contributed by atoms with van der Waals surface area (Å²) in [6.45, 7) is 0.254. The summed E-state index contributed by atoms with van der Waals surface area (Å²) in [5.41, 5.74) is 0.902. The van der Waals surface area contributed by atoms with Crippen LogP contribution in [0.15, 0.2) is 40.9 Å². The van der Waals surface area contributed by atoms with Crippen molar-refractivity contribution in [2.75, 3.05) is 5.32 Å². The third-order valence-electron chi connectivity index (χ3n) is 2.48. The van der Waals surface area contributed by atoms with Gasteiger partial charge in [-0.25, -0.2) is 4.39 Å². The molecule has 0 radical (unpaired) electrons. The van der Waals surface area contributed by atoms with Crippen molar-refractivity contribution in [3.05, 3.63) is 57.3 Å². The quantitative estimate of drug-likeness (QED) is 0.864. The Balaban J connectivity index is 2.16. The maximum Gasteiger partial charge on any atom is 0.147 e. The van der Waals surface area contributed by atoms with Gasteiger partial charge < -0.3 is 10.4 Å². The van der Waals surface area contributed by atoms with Crippen molar-refractivity contribution in [3.8, 4) is 5.75 Å². The van der Waals surface area contributed by atoms with E-state index >= 15 is 0 Å². The van der Waals surface area contributed by atoms with Crippen LogP contribution in [0.1, 0.15) is 5.56 Å². The average Bonchev–Trinajstić information content (AvgIpc) is 2.31. The second-order valence-electron chi connectivity index (χ2n) is 3.72. The normalized spacial score (nSPS) is 10.4. The summed E-state index contributed by atoms with van der Waals surface area (Å²) in [7, 11) is 0. The Labute approximate surface area is 118 Å². The van der Waals surface area contributed by atoms with Crippen LogP contribution in [0.5, 0.6) is 5.75 Å². The fourth-order valence-corrected chi connectivity index (χ4v) is 2.11. The lowest BCUT2D eigenvalue weighted by Gasteiger charge is -2.10.